The Kier molecular flexibility index (Phi) is 6.62. The van der Waals surface area contributed by atoms with Crippen LogP contribution >= 0.6 is 0 Å². The Morgan fingerprint density at radius 2 is 1.04 bits per heavy atom. The number of nitrogens with two attached hydrogens (primary N) is 2. The molecule has 0 bridgehead atoms. The monoisotopic (exact) mass is 373 g/mol. The second-order valence-corrected chi connectivity index (χ2v) is 7.20. The van der Waals surface area contributed by atoms with Crippen LogP contribution in [0.5, 0.6) is 0 Å². The summed E-state index contributed by atoms with van der Waals surface area (Å²) in [6.07, 6.45) is 0. The molecule has 0 fully saturated rings. The summed E-state index contributed by atoms with van der Waals surface area (Å²) in [7, 11) is 0. The number of aryl methyl sites for hydroxylation is 4. The molecule has 24 heavy (non-hydrogen) atoms. The molecular weight excluding hydrogens is 346 g/mol. The fourth-order valence-electron chi connectivity index (χ4n) is 3.48. The van der Waals surface area contributed by atoms with Crippen molar-refractivity contribution in [1.82, 2.24) is 3.92 Å². The summed E-state index contributed by atoms with van der Waals surface area (Å²) in [5.41, 5.74) is 20.1. The van der Waals surface area contributed by atoms with Gasteiger partial charge in [-0.2, -0.15) is 0 Å². The molecule has 0 aliphatic heterocycles. The average Bonchev–Trinajstić information content (AvgIpc) is 2.46. The van der Waals surface area contributed by atoms with Crippen LogP contribution < -0.4 is 11.5 Å². The molecule has 0 aliphatic carbocycles. The zero-order valence-electron chi connectivity index (χ0n) is 14.9. The summed E-state index contributed by atoms with van der Waals surface area (Å²) in [6.45, 7) is 9.58. The molecule has 0 saturated carbocycles. The normalized spacial score (nSPS) is 14.0. The van der Waals surface area contributed by atoms with Gasteiger partial charge in [0.2, 0.25) is 0 Å². The topological polar surface area (TPSA) is 55.3 Å². The first-order valence-corrected chi connectivity index (χ1v) is 8.74. The maximum absolute atomic E-state index is 6.42. The molecular formula is C20H28CuN3. The molecule has 0 saturated heterocycles. The maximum atomic E-state index is 6.42. The van der Waals surface area contributed by atoms with Crippen molar-refractivity contribution in [2.24, 2.45) is 11.5 Å². The second kappa shape index (κ2) is 8.28. The van der Waals surface area contributed by atoms with Crippen molar-refractivity contribution in [2.45, 2.75) is 39.8 Å². The number of nitrogens with zero attached hydrogens (tertiary/aromatic N) is 1. The van der Waals surface area contributed by atoms with Crippen molar-refractivity contribution in [3.63, 3.8) is 0 Å². The Hall–Kier alpha value is -1.16. The number of hydrogen-bond donors (Lipinski definition) is 2. The van der Waals surface area contributed by atoms with E-state index >= 15 is 0 Å². The van der Waals surface area contributed by atoms with Crippen LogP contribution in [0.3, 0.4) is 0 Å². The Morgan fingerprint density at radius 3 is 1.33 bits per heavy atom. The first kappa shape index (κ1) is 19.2. The fraction of sp³-hybridized carbons (Fsp3) is 0.400. The van der Waals surface area contributed by atoms with Gasteiger partial charge in [0.15, 0.2) is 0 Å². The van der Waals surface area contributed by atoms with Gasteiger partial charge in [0.1, 0.15) is 0 Å². The van der Waals surface area contributed by atoms with Crippen molar-refractivity contribution < 1.29 is 16.2 Å². The molecule has 2 unspecified atom stereocenters. The van der Waals surface area contributed by atoms with Crippen LogP contribution in [0.1, 0.15) is 45.5 Å². The first-order valence-electron chi connectivity index (χ1n) is 8.32. The molecule has 4 N–H and O–H groups in total. The Bertz CT molecular complexity index is 599. The van der Waals surface area contributed by atoms with E-state index in [1.807, 2.05) is 0 Å². The van der Waals surface area contributed by atoms with E-state index in [0.29, 0.717) is 13.1 Å². The third-order valence-electron chi connectivity index (χ3n) is 4.59. The molecule has 4 heteroatoms. The molecule has 134 valence electrons. The van der Waals surface area contributed by atoms with Gasteiger partial charge < -0.3 is 0 Å². The zero-order chi connectivity index (χ0) is 17.9. The molecule has 2 rings (SSSR count). The Labute approximate surface area is 154 Å². The molecule has 3 nitrogen and oxygen atoms in total. The molecule has 0 spiro atoms. The molecule has 0 radical (unpaired) electrons. The van der Waals surface area contributed by atoms with E-state index in [-0.39, 0.29) is 12.1 Å². The fourth-order valence-corrected chi connectivity index (χ4v) is 3.85. The van der Waals surface area contributed by atoms with Gasteiger partial charge in [0, 0.05) is 0 Å². The Morgan fingerprint density at radius 1 is 0.750 bits per heavy atom. The molecule has 2 aromatic carbocycles. The van der Waals surface area contributed by atoms with Crippen LogP contribution in [0, 0.1) is 27.7 Å². The van der Waals surface area contributed by atoms with Crippen LogP contribution in [0.25, 0.3) is 0 Å². The van der Waals surface area contributed by atoms with E-state index in [1.54, 1.807) is 3.92 Å². The van der Waals surface area contributed by atoms with Crippen LogP contribution in [0.4, 0.5) is 0 Å². The molecule has 0 amide bonds. The van der Waals surface area contributed by atoms with Crippen LogP contribution in [0.2, 0.25) is 0 Å². The van der Waals surface area contributed by atoms with Gasteiger partial charge in [-0.1, -0.05) is 0 Å². The van der Waals surface area contributed by atoms with E-state index < -0.39 is 0 Å². The van der Waals surface area contributed by atoms with Gasteiger partial charge in [0.25, 0.3) is 0 Å². The van der Waals surface area contributed by atoms with Gasteiger partial charge in [-0.3, -0.25) is 0 Å². The molecule has 0 aliphatic rings. The van der Waals surface area contributed by atoms with Crippen molar-refractivity contribution in [3.8, 4) is 0 Å². The number of rotatable bonds is 6. The quantitative estimate of drug-likeness (QED) is 0.763. The summed E-state index contributed by atoms with van der Waals surface area (Å²) in [6, 6.07) is 12.3. The van der Waals surface area contributed by atoms with E-state index in [4.69, 9.17) is 27.7 Å². The predicted molar refractivity (Wildman–Crippen MR) is 97.3 cm³/mol. The van der Waals surface area contributed by atoms with Crippen molar-refractivity contribution >= 4 is 0 Å². The summed E-state index contributed by atoms with van der Waals surface area (Å²) >= 11 is 5.71. The SMILES string of the molecule is Cc1cccc(C)c1C(N)C[N]([Cu])CC(N)c1c(C)cccc1C. The third kappa shape index (κ3) is 4.47. The average molecular weight is 374 g/mol. The summed E-state index contributed by atoms with van der Waals surface area (Å²) < 4.78 is 1.81. The van der Waals surface area contributed by atoms with E-state index in [2.05, 4.69) is 64.1 Å². The standard InChI is InChI=1S/C20H28N3.Cu/c1-13-7-5-8-14(2)19(13)17(21)11-23-12-18(22)20-15(3)9-6-10-16(20)4;/h5-10,17-18H,11-12,21-22H2,1-4H3;/q-1;+1. The first-order chi connectivity index (χ1) is 11.3. The minimum atomic E-state index is -0.108. The molecule has 2 atom stereocenters. The third-order valence-corrected chi connectivity index (χ3v) is 4.93. The van der Waals surface area contributed by atoms with E-state index in [0.717, 1.165) is 0 Å². The van der Waals surface area contributed by atoms with Gasteiger partial charge in [-0.15, -0.1) is 0 Å². The van der Waals surface area contributed by atoms with Gasteiger partial charge >= 0.3 is 154 Å². The van der Waals surface area contributed by atoms with Gasteiger partial charge in [0.05, 0.1) is 0 Å². The van der Waals surface area contributed by atoms with E-state index in [1.165, 1.54) is 33.4 Å². The molecule has 0 heterocycles. The van der Waals surface area contributed by atoms with Crippen LogP contribution in [-0.4, -0.2) is 17.0 Å². The van der Waals surface area contributed by atoms with Crippen LogP contribution in [0.15, 0.2) is 36.4 Å². The molecule has 2 aromatic rings. The second-order valence-electron chi connectivity index (χ2n) is 6.60. The van der Waals surface area contributed by atoms with Crippen LogP contribution in [-0.2, 0) is 16.2 Å². The summed E-state index contributed by atoms with van der Waals surface area (Å²) in [5, 5.41) is 0. The van der Waals surface area contributed by atoms with Gasteiger partial charge in [-0.25, -0.2) is 0 Å². The minimum absolute atomic E-state index is 0.108. The Balaban J connectivity index is 2.06. The molecule has 0 aromatic heterocycles. The van der Waals surface area contributed by atoms with Gasteiger partial charge in [-0.05, 0) is 0 Å². The summed E-state index contributed by atoms with van der Waals surface area (Å²) in [4.78, 5) is 0. The van der Waals surface area contributed by atoms with Crippen molar-refractivity contribution in [3.05, 3.63) is 69.8 Å². The zero-order valence-corrected chi connectivity index (χ0v) is 15.9. The number of benzene rings is 2. The summed E-state index contributed by atoms with van der Waals surface area (Å²) in [5.74, 6) is 0. The van der Waals surface area contributed by atoms with Crippen molar-refractivity contribution in [2.75, 3.05) is 13.1 Å². The predicted octanol–water partition coefficient (Wildman–Crippen LogP) is 3.38. The van der Waals surface area contributed by atoms with Crippen molar-refractivity contribution in [1.29, 1.82) is 0 Å². The number of hydrogen-bond acceptors (Lipinski definition) is 3. The van der Waals surface area contributed by atoms with E-state index in [9.17, 15) is 0 Å².